The SMILES string of the molecule is CC(C)(CO)CCCCOC1CCCCO1. The summed E-state index contributed by atoms with van der Waals surface area (Å²) in [7, 11) is 0. The van der Waals surface area contributed by atoms with Crippen LogP contribution in [0.4, 0.5) is 0 Å². The lowest BCUT2D eigenvalue weighted by molar-refractivity contribution is -0.163. The highest BCUT2D eigenvalue weighted by Crippen LogP contribution is 2.22. The van der Waals surface area contributed by atoms with Crippen LogP contribution < -0.4 is 0 Å². The van der Waals surface area contributed by atoms with Crippen molar-refractivity contribution in [1.82, 2.24) is 0 Å². The molecule has 0 aliphatic carbocycles. The molecule has 1 unspecified atom stereocenters. The molecule has 0 bridgehead atoms. The zero-order valence-electron chi connectivity index (χ0n) is 10.7. The van der Waals surface area contributed by atoms with Crippen LogP contribution in [0.2, 0.25) is 0 Å². The van der Waals surface area contributed by atoms with Gasteiger partial charge in [-0.3, -0.25) is 0 Å². The minimum atomic E-state index is 0.0413. The lowest BCUT2D eigenvalue weighted by Gasteiger charge is -2.23. The standard InChI is InChI=1S/C13H26O3/c1-13(2,11-14)8-4-6-10-16-12-7-3-5-9-15-12/h12,14H,3-11H2,1-2H3. The Balaban J connectivity index is 1.95. The predicted molar refractivity (Wildman–Crippen MR) is 64.3 cm³/mol. The summed E-state index contributed by atoms with van der Waals surface area (Å²) in [5.41, 5.74) is 0.0569. The number of hydrogen-bond donors (Lipinski definition) is 1. The Morgan fingerprint density at radius 1 is 1.31 bits per heavy atom. The third-order valence-corrected chi connectivity index (χ3v) is 3.12. The fourth-order valence-electron chi connectivity index (χ4n) is 1.84. The number of rotatable bonds is 7. The van der Waals surface area contributed by atoms with Gasteiger partial charge in [-0.2, -0.15) is 0 Å². The van der Waals surface area contributed by atoms with Crippen molar-refractivity contribution in [3.05, 3.63) is 0 Å². The molecule has 1 N–H and O–H groups in total. The van der Waals surface area contributed by atoms with Crippen molar-refractivity contribution in [1.29, 1.82) is 0 Å². The van der Waals surface area contributed by atoms with Crippen LogP contribution in [0.15, 0.2) is 0 Å². The van der Waals surface area contributed by atoms with Crippen LogP contribution in [0.1, 0.15) is 52.4 Å². The van der Waals surface area contributed by atoms with E-state index < -0.39 is 0 Å². The molecule has 1 heterocycles. The van der Waals surface area contributed by atoms with Gasteiger partial charge in [0.25, 0.3) is 0 Å². The number of ether oxygens (including phenoxy) is 2. The molecule has 0 spiro atoms. The number of aliphatic hydroxyl groups is 1. The molecule has 1 aliphatic heterocycles. The molecule has 0 aromatic rings. The summed E-state index contributed by atoms with van der Waals surface area (Å²) in [5.74, 6) is 0. The van der Waals surface area contributed by atoms with E-state index in [1.165, 1.54) is 12.8 Å². The van der Waals surface area contributed by atoms with Gasteiger partial charge in [-0.1, -0.05) is 20.3 Å². The molecule has 1 aliphatic rings. The van der Waals surface area contributed by atoms with Crippen LogP contribution >= 0.6 is 0 Å². The molecule has 0 aromatic carbocycles. The first-order chi connectivity index (χ1) is 7.64. The molecule has 1 saturated heterocycles. The fourth-order valence-corrected chi connectivity index (χ4v) is 1.84. The molecule has 96 valence electrons. The Morgan fingerprint density at radius 2 is 2.12 bits per heavy atom. The van der Waals surface area contributed by atoms with Crippen molar-refractivity contribution in [2.45, 2.75) is 58.7 Å². The summed E-state index contributed by atoms with van der Waals surface area (Å²) < 4.78 is 11.1. The molecule has 0 saturated carbocycles. The molecule has 1 atom stereocenters. The van der Waals surface area contributed by atoms with E-state index in [2.05, 4.69) is 13.8 Å². The fraction of sp³-hybridized carbons (Fsp3) is 1.00. The van der Waals surface area contributed by atoms with E-state index in [0.29, 0.717) is 0 Å². The molecular formula is C13H26O3. The third-order valence-electron chi connectivity index (χ3n) is 3.12. The Morgan fingerprint density at radius 3 is 2.75 bits per heavy atom. The first-order valence-electron chi connectivity index (χ1n) is 6.48. The molecule has 1 rings (SSSR count). The van der Waals surface area contributed by atoms with E-state index >= 15 is 0 Å². The minimum Gasteiger partial charge on any atom is -0.396 e. The van der Waals surface area contributed by atoms with Gasteiger partial charge in [-0.05, 0) is 37.5 Å². The van der Waals surface area contributed by atoms with Crippen LogP contribution in [0, 0.1) is 5.41 Å². The molecule has 3 heteroatoms. The summed E-state index contributed by atoms with van der Waals surface area (Å²) in [6, 6.07) is 0. The van der Waals surface area contributed by atoms with Crippen molar-refractivity contribution < 1.29 is 14.6 Å². The maximum Gasteiger partial charge on any atom is 0.157 e. The largest absolute Gasteiger partial charge is 0.396 e. The highest BCUT2D eigenvalue weighted by molar-refractivity contribution is 4.66. The van der Waals surface area contributed by atoms with Crippen molar-refractivity contribution in [2.24, 2.45) is 5.41 Å². The van der Waals surface area contributed by atoms with Crippen molar-refractivity contribution >= 4 is 0 Å². The first kappa shape index (κ1) is 13.9. The molecule has 16 heavy (non-hydrogen) atoms. The van der Waals surface area contributed by atoms with Gasteiger partial charge in [0.2, 0.25) is 0 Å². The summed E-state index contributed by atoms with van der Waals surface area (Å²) in [6.07, 6.45) is 6.70. The van der Waals surface area contributed by atoms with E-state index in [0.717, 1.165) is 38.9 Å². The van der Waals surface area contributed by atoms with E-state index in [1.54, 1.807) is 0 Å². The van der Waals surface area contributed by atoms with Gasteiger partial charge in [0.1, 0.15) is 0 Å². The van der Waals surface area contributed by atoms with Crippen LogP contribution in [0.3, 0.4) is 0 Å². The normalized spacial score (nSPS) is 22.3. The molecular weight excluding hydrogens is 204 g/mol. The van der Waals surface area contributed by atoms with Crippen molar-refractivity contribution in [2.75, 3.05) is 19.8 Å². The van der Waals surface area contributed by atoms with Crippen LogP contribution in [-0.4, -0.2) is 31.2 Å². The van der Waals surface area contributed by atoms with E-state index in [-0.39, 0.29) is 18.3 Å². The maximum atomic E-state index is 9.10. The highest BCUT2D eigenvalue weighted by Gasteiger charge is 2.16. The molecule has 1 fully saturated rings. The second-order valence-electron chi connectivity index (χ2n) is 5.45. The zero-order valence-corrected chi connectivity index (χ0v) is 10.7. The quantitative estimate of drug-likeness (QED) is 0.683. The second-order valence-corrected chi connectivity index (χ2v) is 5.45. The number of aliphatic hydroxyl groups excluding tert-OH is 1. The van der Waals surface area contributed by atoms with Crippen molar-refractivity contribution in [3.63, 3.8) is 0 Å². The van der Waals surface area contributed by atoms with Gasteiger partial charge < -0.3 is 14.6 Å². The van der Waals surface area contributed by atoms with Gasteiger partial charge in [-0.15, -0.1) is 0 Å². The van der Waals surface area contributed by atoms with E-state index in [1.807, 2.05) is 0 Å². The summed E-state index contributed by atoms with van der Waals surface area (Å²) in [6.45, 7) is 6.09. The van der Waals surface area contributed by atoms with E-state index in [4.69, 9.17) is 14.6 Å². The summed E-state index contributed by atoms with van der Waals surface area (Å²) in [5, 5.41) is 9.10. The lowest BCUT2D eigenvalue weighted by Crippen LogP contribution is -2.23. The predicted octanol–water partition coefficient (Wildman–Crippen LogP) is 2.72. The van der Waals surface area contributed by atoms with Gasteiger partial charge in [0, 0.05) is 19.8 Å². The molecule has 0 amide bonds. The summed E-state index contributed by atoms with van der Waals surface area (Å²) in [4.78, 5) is 0. The number of hydrogen-bond acceptors (Lipinski definition) is 3. The Labute approximate surface area is 99.1 Å². The molecule has 3 nitrogen and oxygen atoms in total. The Bertz CT molecular complexity index is 174. The van der Waals surface area contributed by atoms with Gasteiger partial charge in [0.05, 0.1) is 0 Å². The van der Waals surface area contributed by atoms with E-state index in [9.17, 15) is 0 Å². The molecule has 0 aromatic heterocycles. The average molecular weight is 230 g/mol. The maximum absolute atomic E-state index is 9.10. The second kappa shape index (κ2) is 7.25. The van der Waals surface area contributed by atoms with Crippen LogP contribution in [0.25, 0.3) is 0 Å². The van der Waals surface area contributed by atoms with Gasteiger partial charge in [-0.25, -0.2) is 0 Å². The average Bonchev–Trinajstić information content (AvgIpc) is 2.30. The highest BCUT2D eigenvalue weighted by atomic mass is 16.7. The third kappa shape index (κ3) is 5.83. The summed E-state index contributed by atoms with van der Waals surface area (Å²) >= 11 is 0. The molecule has 0 radical (unpaired) electrons. The van der Waals surface area contributed by atoms with Gasteiger partial charge in [0.15, 0.2) is 6.29 Å². The van der Waals surface area contributed by atoms with Crippen LogP contribution in [0.5, 0.6) is 0 Å². The van der Waals surface area contributed by atoms with Gasteiger partial charge >= 0.3 is 0 Å². The monoisotopic (exact) mass is 230 g/mol. The Kier molecular flexibility index (Phi) is 6.32. The zero-order chi connectivity index (χ0) is 11.9. The number of unbranched alkanes of at least 4 members (excludes halogenated alkanes) is 1. The lowest BCUT2D eigenvalue weighted by atomic mass is 9.88. The first-order valence-corrected chi connectivity index (χ1v) is 6.48. The Hall–Kier alpha value is -0.120. The smallest absolute Gasteiger partial charge is 0.157 e. The minimum absolute atomic E-state index is 0.0413. The van der Waals surface area contributed by atoms with Crippen LogP contribution in [-0.2, 0) is 9.47 Å². The van der Waals surface area contributed by atoms with Crippen molar-refractivity contribution in [3.8, 4) is 0 Å². The topological polar surface area (TPSA) is 38.7 Å².